The number of aliphatic hydroxyl groups is 1. The number of imidazole rings is 1. The average molecular weight is 360 g/mol. The number of aromatic nitrogens is 2. The minimum Gasteiger partial charge on any atom is -0.509 e. The summed E-state index contributed by atoms with van der Waals surface area (Å²) in [5.41, 5.74) is 5.57. The Morgan fingerprint density at radius 1 is 1.19 bits per heavy atom. The summed E-state index contributed by atoms with van der Waals surface area (Å²) >= 11 is 0. The third-order valence-electron chi connectivity index (χ3n) is 5.04. The second kappa shape index (κ2) is 6.91. The highest BCUT2D eigenvalue weighted by molar-refractivity contribution is 6.30. The Hall–Kier alpha value is -3.08. The number of hydrogen-bond acceptors (Lipinski definition) is 3. The maximum atomic E-state index is 10.5. The van der Waals surface area contributed by atoms with Gasteiger partial charge in [0.2, 0.25) is 0 Å². The second-order valence-corrected chi connectivity index (χ2v) is 7.13. The number of nitrogens with one attached hydrogen (secondary N) is 2. The Morgan fingerprint density at radius 3 is 2.70 bits per heavy atom. The molecule has 27 heavy (non-hydrogen) atoms. The fraction of sp³-hybridized carbons (Fsp3) is 0.273. The van der Waals surface area contributed by atoms with Gasteiger partial charge in [0.05, 0.1) is 23.2 Å². The minimum atomic E-state index is 0.172. The van der Waals surface area contributed by atoms with Gasteiger partial charge in [-0.25, -0.2) is 4.98 Å². The van der Waals surface area contributed by atoms with Crippen molar-refractivity contribution < 1.29 is 5.11 Å². The lowest BCUT2D eigenvalue weighted by molar-refractivity contribution is 0.411. The predicted molar refractivity (Wildman–Crippen MR) is 111 cm³/mol. The van der Waals surface area contributed by atoms with Gasteiger partial charge in [0, 0.05) is 5.69 Å². The zero-order chi connectivity index (χ0) is 19.0. The van der Waals surface area contributed by atoms with Crippen LogP contribution in [0.5, 0.6) is 0 Å². The molecular formula is C22H24N4O. The number of anilines is 1. The summed E-state index contributed by atoms with van der Waals surface area (Å²) in [4.78, 5) is 9.63. The lowest BCUT2D eigenvalue weighted by Crippen LogP contribution is -2.26. The molecule has 0 atom stereocenters. The summed E-state index contributed by atoms with van der Waals surface area (Å²) in [6, 6.07) is 14.3. The quantitative estimate of drug-likeness (QED) is 0.600. The molecule has 1 aliphatic heterocycles. The van der Waals surface area contributed by atoms with Crippen molar-refractivity contribution in [1.29, 1.82) is 5.41 Å². The maximum absolute atomic E-state index is 10.5. The van der Waals surface area contributed by atoms with Crippen LogP contribution in [0.4, 0.5) is 5.69 Å². The van der Waals surface area contributed by atoms with Gasteiger partial charge in [-0.1, -0.05) is 31.5 Å². The van der Waals surface area contributed by atoms with Crippen molar-refractivity contribution >= 4 is 28.1 Å². The van der Waals surface area contributed by atoms with Crippen molar-refractivity contribution in [3.8, 4) is 0 Å². The lowest BCUT2D eigenvalue weighted by Gasteiger charge is -2.19. The predicted octanol–water partition coefficient (Wildman–Crippen LogP) is 4.98. The standard InChI is InChI=1S/C22H24N4O/c1-3-4-5-15-7-9-16(10-8-15)26-13-19(27)20(21(26)23)22-24-17-11-6-14(2)12-18(17)25-22/h6-12,23,27H,3-5,13H2,1-2H3,(H,24,25). The molecule has 4 rings (SSSR count). The van der Waals surface area contributed by atoms with E-state index in [1.54, 1.807) is 0 Å². The first-order chi connectivity index (χ1) is 13.1. The molecule has 0 bridgehead atoms. The van der Waals surface area contributed by atoms with E-state index in [1.807, 2.05) is 42.2 Å². The van der Waals surface area contributed by atoms with Gasteiger partial charge >= 0.3 is 0 Å². The largest absolute Gasteiger partial charge is 0.509 e. The van der Waals surface area contributed by atoms with E-state index in [1.165, 1.54) is 18.4 Å². The summed E-state index contributed by atoms with van der Waals surface area (Å²) in [5.74, 6) is 0.982. The van der Waals surface area contributed by atoms with Crippen molar-refractivity contribution in [2.24, 2.45) is 0 Å². The van der Waals surface area contributed by atoms with Gasteiger partial charge in [-0.15, -0.1) is 0 Å². The van der Waals surface area contributed by atoms with Gasteiger partial charge in [-0.3, -0.25) is 5.41 Å². The van der Waals surface area contributed by atoms with Gasteiger partial charge in [-0.05, 0) is 55.2 Å². The van der Waals surface area contributed by atoms with Crippen LogP contribution < -0.4 is 4.90 Å². The van der Waals surface area contributed by atoms with E-state index in [-0.39, 0.29) is 11.6 Å². The van der Waals surface area contributed by atoms with Crippen molar-refractivity contribution in [1.82, 2.24) is 9.97 Å². The molecule has 0 aliphatic carbocycles. The van der Waals surface area contributed by atoms with Gasteiger partial charge in [-0.2, -0.15) is 0 Å². The van der Waals surface area contributed by atoms with E-state index in [0.29, 0.717) is 17.9 Å². The summed E-state index contributed by atoms with van der Waals surface area (Å²) in [7, 11) is 0. The number of benzene rings is 2. The summed E-state index contributed by atoms with van der Waals surface area (Å²) in [5, 5.41) is 19.1. The van der Waals surface area contributed by atoms with Crippen molar-refractivity contribution in [2.45, 2.75) is 33.1 Å². The molecule has 0 fully saturated rings. The minimum absolute atomic E-state index is 0.172. The average Bonchev–Trinajstić information content (AvgIpc) is 3.20. The molecule has 0 amide bonds. The maximum Gasteiger partial charge on any atom is 0.145 e. The number of rotatable bonds is 5. The van der Waals surface area contributed by atoms with Gasteiger partial charge < -0.3 is 15.0 Å². The highest BCUT2D eigenvalue weighted by Crippen LogP contribution is 2.31. The molecule has 5 heteroatoms. The van der Waals surface area contributed by atoms with Crippen LogP contribution in [0.25, 0.3) is 16.6 Å². The number of H-pyrrole nitrogens is 1. The molecular weight excluding hydrogens is 336 g/mol. The van der Waals surface area contributed by atoms with E-state index in [4.69, 9.17) is 5.41 Å². The van der Waals surface area contributed by atoms with Gasteiger partial charge in [0.15, 0.2) is 0 Å². The van der Waals surface area contributed by atoms with Crippen LogP contribution >= 0.6 is 0 Å². The topological polar surface area (TPSA) is 76.0 Å². The van der Waals surface area contributed by atoms with Crippen LogP contribution in [0.3, 0.4) is 0 Å². The van der Waals surface area contributed by atoms with Crippen LogP contribution in [0.15, 0.2) is 48.2 Å². The Morgan fingerprint density at radius 2 is 1.96 bits per heavy atom. The zero-order valence-corrected chi connectivity index (χ0v) is 15.7. The number of aryl methyl sites for hydroxylation is 2. The molecule has 5 nitrogen and oxygen atoms in total. The first-order valence-corrected chi connectivity index (χ1v) is 9.41. The molecule has 0 unspecified atom stereocenters. The Balaban J connectivity index is 1.60. The molecule has 0 radical (unpaired) electrons. The van der Waals surface area contributed by atoms with Crippen LogP contribution in [-0.4, -0.2) is 27.5 Å². The number of unbranched alkanes of at least 4 members (excludes halogenated alkanes) is 1. The van der Waals surface area contributed by atoms with Crippen molar-refractivity contribution in [3.05, 3.63) is 65.2 Å². The van der Waals surface area contributed by atoms with Crippen LogP contribution in [0, 0.1) is 12.3 Å². The molecule has 1 aromatic heterocycles. The fourth-order valence-corrected chi connectivity index (χ4v) is 3.51. The number of hydrogen-bond donors (Lipinski definition) is 3. The first kappa shape index (κ1) is 17.3. The molecule has 3 N–H and O–H groups in total. The molecule has 2 heterocycles. The van der Waals surface area contributed by atoms with Crippen LogP contribution in [0.1, 0.15) is 36.7 Å². The Bertz CT molecular complexity index is 1030. The third-order valence-corrected chi connectivity index (χ3v) is 5.04. The van der Waals surface area contributed by atoms with E-state index in [0.717, 1.165) is 28.7 Å². The number of amidine groups is 1. The Kier molecular flexibility index (Phi) is 4.44. The third kappa shape index (κ3) is 3.21. The molecule has 0 saturated heterocycles. The summed E-state index contributed by atoms with van der Waals surface area (Å²) in [6.07, 6.45) is 3.43. The van der Waals surface area contributed by atoms with Crippen LogP contribution in [-0.2, 0) is 6.42 Å². The summed E-state index contributed by atoms with van der Waals surface area (Å²) < 4.78 is 0. The molecule has 0 spiro atoms. The van der Waals surface area contributed by atoms with Crippen molar-refractivity contribution in [3.63, 3.8) is 0 Å². The van der Waals surface area contributed by atoms with Crippen LogP contribution in [0.2, 0.25) is 0 Å². The monoisotopic (exact) mass is 360 g/mol. The van der Waals surface area contributed by atoms with E-state index in [2.05, 4.69) is 29.0 Å². The first-order valence-electron chi connectivity index (χ1n) is 9.41. The van der Waals surface area contributed by atoms with Gasteiger partial charge in [0.1, 0.15) is 17.4 Å². The van der Waals surface area contributed by atoms with E-state index < -0.39 is 0 Å². The number of aliphatic hydroxyl groups excluding tert-OH is 1. The highest BCUT2D eigenvalue weighted by Gasteiger charge is 2.31. The van der Waals surface area contributed by atoms with E-state index >= 15 is 0 Å². The molecule has 138 valence electrons. The smallest absolute Gasteiger partial charge is 0.145 e. The van der Waals surface area contributed by atoms with E-state index in [9.17, 15) is 5.11 Å². The van der Waals surface area contributed by atoms with Gasteiger partial charge in [0.25, 0.3) is 0 Å². The zero-order valence-electron chi connectivity index (χ0n) is 15.7. The molecule has 0 saturated carbocycles. The molecule has 2 aromatic carbocycles. The normalized spacial score (nSPS) is 14.6. The SMILES string of the molecule is CCCCc1ccc(N2CC(O)=C(c3nc4ccc(C)cc4[nH]3)C2=N)cc1. The molecule has 3 aromatic rings. The fourth-order valence-electron chi connectivity index (χ4n) is 3.51. The number of nitrogens with zero attached hydrogens (tertiary/aromatic N) is 2. The second-order valence-electron chi connectivity index (χ2n) is 7.13. The summed E-state index contributed by atoms with van der Waals surface area (Å²) in [6.45, 7) is 4.51. The Labute approximate surface area is 158 Å². The lowest BCUT2D eigenvalue weighted by atomic mass is 10.1. The number of fused-ring (bicyclic) bond motifs is 1. The van der Waals surface area contributed by atoms with Crippen molar-refractivity contribution in [2.75, 3.05) is 11.4 Å². The number of aromatic amines is 1. The molecule has 1 aliphatic rings. The highest BCUT2D eigenvalue weighted by atomic mass is 16.3.